The maximum absolute atomic E-state index is 9.22. The minimum absolute atomic E-state index is 0.417. The molecular formula is C21H17N5. The normalized spacial score (nSPS) is 10.6. The standard InChI is InChI=1S/C21H17N5/c22-12-18-11-21(19-6-1-2-7-20(19)25-18)24-13-16-4-3-5-17(10-16)14-26-9-8-23-15-26/h1-11,15H,13-14H2,(H,24,25). The highest BCUT2D eigenvalue weighted by atomic mass is 15.0. The second-order valence-electron chi connectivity index (χ2n) is 6.09. The van der Waals surface area contributed by atoms with Crippen LogP contribution in [0.1, 0.15) is 16.8 Å². The van der Waals surface area contributed by atoms with Crippen molar-refractivity contribution in [2.24, 2.45) is 0 Å². The number of hydrogen-bond donors (Lipinski definition) is 1. The van der Waals surface area contributed by atoms with Gasteiger partial charge in [-0.1, -0.05) is 42.5 Å². The number of nitriles is 1. The SMILES string of the molecule is N#Cc1cc(NCc2cccc(Cn3ccnc3)c2)c2ccccc2n1. The van der Waals surface area contributed by atoms with Gasteiger partial charge in [0, 0.05) is 36.6 Å². The predicted octanol–water partition coefficient (Wildman–Crippen LogP) is 3.96. The molecule has 5 heteroatoms. The number of nitrogens with one attached hydrogen (secondary N) is 1. The van der Waals surface area contributed by atoms with Crippen LogP contribution in [0.15, 0.2) is 73.3 Å². The number of nitrogens with zero attached hydrogens (tertiary/aromatic N) is 4. The van der Waals surface area contributed by atoms with E-state index >= 15 is 0 Å². The van der Waals surface area contributed by atoms with E-state index in [1.54, 1.807) is 12.3 Å². The van der Waals surface area contributed by atoms with Crippen LogP contribution in [0, 0.1) is 11.3 Å². The summed E-state index contributed by atoms with van der Waals surface area (Å²) in [6.07, 6.45) is 5.56. The molecule has 0 aliphatic rings. The highest BCUT2D eigenvalue weighted by Gasteiger charge is 2.05. The lowest BCUT2D eigenvalue weighted by Crippen LogP contribution is -2.03. The molecule has 0 spiro atoms. The largest absolute Gasteiger partial charge is 0.380 e. The van der Waals surface area contributed by atoms with E-state index in [4.69, 9.17) is 0 Å². The summed E-state index contributed by atoms with van der Waals surface area (Å²) in [5.41, 5.74) is 4.57. The van der Waals surface area contributed by atoms with Crippen molar-refractivity contribution in [1.82, 2.24) is 14.5 Å². The molecule has 4 aromatic rings. The van der Waals surface area contributed by atoms with Crippen molar-refractivity contribution in [3.63, 3.8) is 0 Å². The van der Waals surface area contributed by atoms with E-state index in [2.05, 4.69) is 45.6 Å². The highest BCUT2D eigenvalue weighted by molar-refractivity contribution is 5.91. The number of imidazole rings is 1. The molecule has 4 rings (SSSR count). The Bertz CT molecular complexity index is 1080. The lowest BCUT2D eigenvalue weighted by atomic mass is 10.1. The van der Waals surface area contributed by atoms with E-state index in [0.29, 0.717) is 12.2 Å². The Labute approximate surface area is 151 Å². The van der Waals surface area contributed by atoms with Crippen molar-refractivity contribution in [2.75, 3.05) is 5.32 Å². The summed E-state index contributed by atoms with van der Waals surface area (Å²) < 4.78 is 2.04. The van der Waals surface area contributed by atoms with Crippen molar-refractivity contribution in [2.45, 2.75) is 13.1 Å². The van der Waals surface area contributed by atoms with Crippen molar-refractivity contribution < 1.29 is 0 Å². The molecule has 26 heavy (non-hydrogen) atoms. The van der Waals surface area contributed by atoms with Crippen molar-refractivity contribution in [1.29, 1.82) is 5.26 Å². The number of anilines is 1. The summed E-state index contributed by atoms with van der Waals surface area (Å²) >= 11 is 0. The number of hydrogen-bond acceptors (Lipinski definition) is 4. The first-order chi connectivity index (χ1) is 12.8. The average molecular weight is 339 g/mol. The Kier molecular flexibility index (Phi) is 4.31. The van der Waals surface area contributed by atoms with Crippen LogP contribution in [0.3, 0.4) is 0 Å². The second kappa shape index (κ2) is 7.08. The quantitative estimate of drug-likeness (QED) is 0.597. The van der Waals surface area contributed by atoms with E-state index < -0.39 is 0 Å². The van der Waals surface area contributed by atoms with Crippen LogP contribution in [0.25, 0.3) is 10.9 Å². The Morgan fingerprint density at radius 2 is 1.92 bits per heavy atom. The van der Waals surface area contributed by atoms with Crippen LogP contribution in [0.2, 0.25) is 0 Å². The average Bonchev–Trinajstić information content (AvgIpc) is 3.19. The third kappa shape index (κ3) is 3.40. The van der Waals surface area contributed by atoms with Crippen molar-refractivity contribution >= 4 is 16.6 Å². The van der Waals surface area contributed by atoms with Gasteiger partial charge in [0.1, 0.15) is 11.8 Å². The number of pyridine rings is 1. The lowest BCUT2D eigenvalue weighted by molar-refractivity contribution is 0.796. The third-order valence-corrected chi connectivity index (χ3v) is 4.23. The van der Waals surface area contributed by atoms with E-state index in [9.17, 15) is 5.26 Å². The molecule has 126 valence electrons. The topological polar surface area (TPSA) is 66.5 Å². The number of para-hydroxylation sites is 1. The summed E-state index contributed by atoms with van der Waals surface area (Å²) in [7, 11) is 0. The molecule has 2 heterocycles. The molecule has 0 fully saturated rings. The molecule has 2 aromatic heterocycles. The van der Waals surface area contributed by atoms with E-state index in [-0.39, 0.29) is 0 Å². The van der Waals surface area contributed by atoms with Gasteiger partial charge in [0.05, 0.1) is 11.8 Å². The minimum Gasteiger partial charge on any atom is -0.380 e. The molecule has 5 nitrogen and oxygen atoms in total. The third-order valence-electron chi connectivity index (χ3n) is 4.23. The van der Waals surface area contributed by atoms with Gasteiger partial charge in [-0.3, -0.25) is 0 Å². The Hall–Kier alpha value is -3.65. The first-order valence-electron chi connectivity index (χ1n) is 8.39. The maximum Gasteiger partial charge on any atom is 0.143 e. The second-order valence-corrected chi connectivity index (χ2v) is 6.09. The zero-order chi connectivity index (χ0) is 17.8. The number of fused-ring (bicyclic) bond motifs is 1. The zero-order valence-corrected chi connectivity index (χ0v) is 14.1. The van der Waals surface area contributed by atoms with Crippen LogP contribution in [0.5, 0.6) is 0 Å². The molecule has 2 aromatic carbocycles. The summed E-state index contributed by atoms with van der Waals surface area (Å²) in [4.78, 5) is 8.44. The van der Waals surface area contributed by atoms with Gasteiger partial charge in [-0.05, 0) is 23.3 Å². The van der Waals surface area contributed by atoms with Gasteiger partial charge in [-0.2, -0.15) is 5.26 Å². The molecule has 0 bridgehead atoms. The highest BCUT2D eigenvalue weighted by Crippen LogP contribution is 2.23. The van der Waals surface area contributed by atoms with Crippen LogP contribution in [0.4, 0.5) is 5.69 Å². The number of aromatic nitrogens is 3. The molecule has 0 saturated heterocycles. The lowest BCUT2D eigenvalue weighted by Gasteiger charge is -2.11. The summed E-state index contributed by atoms with van der Waals surface area (Å²) in [5.74, 6) is 0. The summed E-state index contributed by atoms with van der Waals surface area (Å²) in [6, 6.07) is 20.2. The summed E-state index contributed by atoms with van der Waals surface area (Å²) in [6.45, 7) is 1.47. The van der Waals surface area contributed by atoms with Gasteiger partial charge < -0.3 is 9.88 Å². The van der Waals surface area contributed by atoms with Gasteiger partial charge in [0.15, 0.2) is 0 Å². The molecule has 0 amide bonds. The molecule has 0 saturated carbocycles. The molecular weight excluding hydrogens is 322 g/mol. The number of benzene rings is 2. The van der Waals surface area contributed by atoms with Crippen LogP contribution in [-0.4, -0.2) is 14.5 Å². The Morgan fingerprint density at radius 3 is 2.77 bits per heavy atom. The van der Waals surface area contributed by atoms with Gasteiger partial charge in [-0.25, -0.2) is 9.97 Å². The molecule has 1 N–H and O–H groups in total. The van der Waals surface area contributed by atoms with Gasteiger partial charge in [-0.15, -0.1) is 0 Å². The summed E-state index contributed by atoms with van der Waals surface area (Å²) in [5, 5.41) is 13.7. The van der Waals surface area contributed by atoms with E-state index in [1.807, 2.05) is 41.4 Å². The monoisotopic (exact) mass is 339 g/mol. The molecule has 0 unspecified atom stereocenters. The molecule has 0 radical (unpaired) electrons. The van der Waals surface area contributed by atoms with Crippen LogP contribution < -0.4 is 5.32 Å². The van der Waals surface area contributed by atoms with E-state index in [0.717, 1.165) is 23.1 Å². The van der Waals surface area contributed by atoms with E-state index in [1.165, 1.54) is 11.1 Å². The van der Waals surface area contributed by atoms with Gasteiger partial charge in [0.2, 0.25) is 0 Å². The Morgan fingerprint density at radius 1 is 1.04 bits per heavy atom. The molecule has 0 aliphatic heterocycles. The Balaban J connectivity index is 1.56. The fraction of sp³-hybridized carbons (Fsp3) is 0.0952. The molecule has 0 atom stereocenters. The first kappa shape index (κ1) is 15.9. The number of rotatable bonds is 5. The zero-order valence-electron chi connectivity index (χ0n) is 14.1. The predicted molar refractivity (Wildman–Crippen MR) is 102 cm³/mol. The smallest absolute Gasteiger partial charge is 0.143 e. The maximum atomic E-state index is 9.22. The minimum atomic E-state index is 0.417. The van der Waals surface area contributed by atoms with Crippen molar-refractivity contribution in [3.05, 3.63) is 90.1 Å². The van der Waals surface area contributed by atoms with Gasteiger partial charge in [0.25, 0.3) is 0 Å². The fourth-order valence-electron chi connectivity index (χ4n) is 3.01. The van der Waals surface area contributed by atoms with Crippen molar-refractivity contribution in [3.8, 4) is 6.07 Å². The van der Waals surface area contributed by atoms with Crippen LogP contribution in [-0.2, 0) is 13.1 Å². The van der Waals surface area contributed by atoms with Gasteiger partial charge >= 0.3 is 0 Å². The molecule has 0 aliphatic carbocycles. The van der Waals surface area contributed by atoms with Crippen LogP contribution >= 0.6 is 0 Å². The first-order valence-corrected chi connectivity index (χ1v) is 8.39. The fourth-order valence-corrected chi connectivity index (χ4v) is 3.01.